The molecule has 16 heavy (non-hydrogen) atoms. The van der Waals surface area contributed by atoms with E-state index in [2.05, 4.69) is 0 Å². The third-order valence-corrected chi connectivity index (χ3v) is 2.01. The van der Waals surface area contributed by atoms with Crippen LogP contribution in [0.1, 0.15) is 10.4 Å². The third-order valence-electron chi connectivity index (χ3n) is 2.01. The second-order valence-corrected chi connectivity index (χ2v) is 3.57. The first-order valence-corrected chi connectivity index (χ1v) is 4.74. The Morgan fingerprint density at radius 3 is 2.31 bits per heavy atom. The minimum absolute atomic E-state index is 0.0208. The van der Waals surface area contributed by atoms with Gasteiger partial charge < -0.3 is 5.73 Å². The van der Waals surface area contributed by atoms with Crippen LogP contribution in [0.3, 0.4) is 0 Å². The number of carbonyl (C=O) groups is 2. The number of ketones is 1. The van der Waals surface area contributed by atoms with Gasteiger partial charge in [0.1, 0.15) is 5.82 Å². The molecule has 0 unspecified atom stereocenters. The molecule has 4 nitrogen and oxygen atoms in total. The molecule has 5 heteroatoms. The average Bonchev–Trinajstić information content (AvgIpc) is 2.16. The van der Waals surface area contributed by atoms with Crippen LogP contribution in [0.15, 0.2) is 24.3 Å². The van der Waals surface area contributed by atoms with Crippen LogP contribution in [0.25, 0.3) is 0 Å². The van der Waals surface area contributed by atoms with Gasteiger partial charge in [0.25, 0.3) is 0 Å². The molecular weight excluding hydrogens is 211 g/mol. The van der Waals surface area contributed by atoms with Crippen molar-refractivity contribution in [1.29, 1.82) is 0 Å². The smallest absolute Gasteiger partial charge is 0.231 e. The van der Waals surface area contributed by atoms with Gasteiger partial charge in [0.2, 0.25) is 5.91 Å². The Labute approximate surface area is 92.8 Å². The van der Waals surface area contributed by atoms with Crippen molar-refractivity contribution < 1.29 is 14.0 Å². The highest BCUT2D eigenvalue weighted by Gasteiger charge is 2.10. The van der Waals surface area contributed by atoms with Crippen LogP contribution < -0.4 is 5.73 Å². The van der Waals surface area contributed by atoms with E-state index in [1.54, 1.807) is 7.05 Å². The summed E-state index contributed by atoms with van der Waals surface area (Å²) in [7, 11) is 1.62. The number of primary amides is 1. The lowest BCUT2D eigenvalue weighted by Gasteiger charge is -2.13. The molecule has 0 aliphatic carbocycles. The van der Waals surface area contributed by atoms with Crippen LogP contribution in [0.2, 0.25) is 0 Å². The van der Waals surface area contributed by atoms with Crippen molar-refractivity contribution >= 4 is 11.7 Å². The predicted octanol–water partition coefficient (Wildman–Crippen LogP) is 0.425. The fourth-order valence-corrected chi connectivity index (χ4v) is 1.29. The lowest BCUT2D eigenvalue weighted by molar-refractivity contribution is -0.118. The molecule has 0 spiro atoms. The van der Waals surface area contributed by atoms with E-state index in [0.29, 0.717) is 5.56 Å². The summed E-state index contributed by atoms with van der Waals surface area (Å²) in [5.74, 6) is -1.06. The number of amides is 1. The first-order valence-electron chi connectivity index (χ1n) is 4.74. The van der Waals surface area contributed by atoms with Gasteiger partial charge in [-0.3, -0.25) is 14.5 Å². The summed E-state index contributed by atoms with van der Waals surface area (Å²) in [6.45, 7) is 0.0987. The molecule has 1 aromatic carbocycles. The molecule has 0 aliphatic heterocycles. The molecule has 1 rings (SSSR count). The molecule has 2 N–H and O–H groups in total. The van der Waals surface area contributed by atoms with Crippen molar-refractivity contribution in [2.45, 2.75) is 0 Å². The van der Waals surface area contributed by atoms with Crippen molar-refractivity contribution in [2.75, 3.05) is 20.1 Å². The number of halogens is 1. The van der Waals surface area contributed by atoms with Gasteiger partial charge in [-0.1, -0.05) is 0 Å². The fraction of sp³-hybridized carbons (Fsp3) is 0.273. The second kappa shape index (κ2) is 5.37. The van der Waals surface area contributed by atoms with Crippen LogP contribution in [0.4, 0.5) is 4.39 Å². The number of Topliss-reactive ketones (excluding diaryl/α,β-unsaturated/α-hetero) is 1. The molecule has 1 amide bonds. The van der Waals surface area contributed by atoms with Crippen LogP contribution in [-0.2, 0) is 4.79 Å². The number of nitrogens with two attached hydrogens (primary N) is 1. The number of benzene rings is 1. The van der Waals surface area contributed by atoms with Gasteiger partial charge in [-0.25, -0.2) is 4.39 Å². The minimum atomic E-state index is -0.491. The van der Waals surface area contributed by atoms with Gasteiger partial charge in [-0.15, -0.1) is 0 Å². The van der Waals surface area contributed by atoms with Crippen molar-refractivity contribution in [3.05, 3.63) is 35.6 Å². The lowest BCUT2D eigenvalue weighted by Crippen LogP contribution is -2.34. The minimum Gasteiger partial charge on any atom is -0.369 e. The highest BCUT2D eigenvalue weighted by molar-refractivity contribution is 5.97. The quantitative estimate of drug-likeness (QED) is 0.737. The summed E-state index contributed by atoms with van der Waals surface area (Å²) in [5.41, 5.74) is 5.40. The Balaban J connectivity index is 2.58. The average molecular weight is 224 g/mol. The Kier molecular flexibility index (Phi) is 4.13. The molecule has 0 heterocycles. The maximum atomic E-state index is 12.6. The molecular formula is C11H13FN2O2. The van der Waals surface area contributed by atoms with Crippen LogP contribution in [-0.4, -0.2) is 36.7 Å². The predicted molar refractivity (Wildman–Crippen MR) is 57.4 cm³/mol. The van der Waals surface area contributed by atoms with E-state index in [4.69, 9.17) is 5.73 Å². The van der Waals surface area contributed by atoms with Gasteiger partial charge >= 0.3 is 0 Å². The summed E-state index contributed by atoms with van der Waals surface area (Å²) >= 11 is 0. The number of carbonyl (C=O) groups excluding carboxylic acids is 2. The number of hydrogen-bond acceptors (Lipinski definition) is 3. The van der Waals surface area contributed by atoms with Gasteiger partial charge in [0.05, 0.1) is 13.1 Å². The Bertz CT molecular complexity index is 389. The van der Waals surface area contributed by atoms with E-state index in [1.165, 1.54) is 29.2 Å². The van der Waals surface area contributed by atoms with Crippen LogP contribution in [0.5, 0.6) is 0 Å². The first kappa shape index (κ1) is 12.3. The van der Waals surface area contributed by atoms with Crippen molar-refractivity contribution in [3.8, 4) is 0 Å². The molecule has 1 aromatic rings. The van der Waals surface area contributed by atoms with E-state index < -0.39 is 5.91 Å². The third kappa shape index (κ3) is 3.78. The Hall–Kier alpha value is -1.75. The van der Waals surface area contributed by atoms with Crippen molar-refractivity contribution in [1.82, 2.24) is 4.90 Å². The maximum absolute atomic E-state index is 12.6. The Morgan fingerprint density at radius 2 is 1.81 bits per heavy atom. The number of likely N-dealkylation sites (N-methyl/N-ethyl adjacent to an activating group) is 1. The highest BCUT2D eigenvalue weighted by atomic mass is 19.1. The molecule has 86 valence electrons. The zero-order chi connectivity index (χ0) is 12.1. The molecule has 0 atom stereocenters. The van der Waals surface area contributed by atoms with Gasteiger partial charge in [0, 0.05) is 5.56 Å². The number of hydrogen-bond donors (Lipinski definition) is 1. The number of nitrogens with zero attached hydrogens (tertiary/aromatic N) is 1. The standard InChI is InChI=1S/C11H13FN2O2/c1-14(7-11(13)16)6-10(15)8-2-4-9(12)5-3-8/h2-5H,6-7H2,1H3,(H2,13,16). The van der Waals surface area contributed by atoms with E-state index >= 15 is 0 Å². The van der Waals surface area contributed by atoms with E-state index in [9.17, 15) is 14.0 Å². The molecule has 0 radical (unpaired) electrons. The van der Waals surface area contributed by atoms with Crippen LogP contribution in [0, 0.1) is 5.82 Å². The SMILES string of the molecule is CN(CC(N)=O)CC(=O)c1ccc(F)cc1. The van der Waals surface area contributed by atoms with Gasteiger partial charge in [0.15, 0.2) is 5.78 Å². The Morgan fingerprint density at radius 1 is 1.25 bits per heavy atom. The molecule has 0 aliphatic rings. The summed E-state index contributed by atoms with van der Waals surface area (Å²) in [5, 5.41) is 0. The zero-order valence-electron chi connectivity index (χ0n) is 8.94. The summed E-state index contributed by atoms with van der Waals surface area (Å²) < 4.78 is 12.6. The summed E-state index contributed by atoms with van der Waals surface area (Å²) in [6.07, 6.45) is 0. The fourth-order valence-electron chi connectivity index (χ4n) is 1.29. The first-order chi connectivity index (χ1) is 7.49. The molecule has 0 fully saturated rings. The maximum Gasteiger partial charge on any atom is 0.231 e. The highest BCUT2D eigenvalue weighted by Crippen LogP contribution is 2.04. The molecule has 0 bridgehead atoms. The normalized spacial score (nSPS) is 10.4. The van der Waals surface area contributed by atoms with Crippen LogP contribution >= 0.6 is 0 Å². The summed E-state index contributed by atoms with van der Waals surface area (Å²) in [6, 6.07) is 5.27. The molecule has 0 saturated heterocycles. The topological polar surface area (TPSA) is 63.4 Å². The molecule has 0 aromatic heterocycles. The van der Waals surface area contributed by atoms with E-state index in [0.717, 1.165) is 0 Å². The van der Waals surface area contributed by atoms with Crippen molar-refractivity contribution in [2.24, 2.45) is 5.73 Å². The van der Waals surface area contributed by atoms with Crippen molar-refractivity contribution in [3.63, 3.8) is 0 Å². The largest absolute Gasteiger partial charge is 0.369 e. The summed E-state index contributed by atoms with van der Waals surface area (Å²) in [4.78, 5) is 23.7. The van der Waals surface area contributed by atoms with Gasteiger partial charge in [-0.05, 0) is 31.3 Å². The number of rotatable bonds is 5. The zero-order valence-corrected chi connectivity index (χ0v) is 8.94. The van der Waals surface area contributed by atoms with E-state index in [1.807, 2.05) is 0 Å². The van der Waals surface area contributed by atoms with E-state index in [-0.39, 0.29) is 24.7 Å². The van der Waals surface area contributed by atoms with Gasteiger partial charge in [-0.2, -0.15) is 0 Å². The molecule has 0 saturated carbocycles. The second-order valence-electron chi connectivity index (χ2n) is 3.57. The lowest BCUT2D eigenvalue weighted by atomic mass is 10.1. The monoisotopic (exact) mass is 224 g/mol.